The van der Waals surface area contributed by atoms with Crippen LogP contribution in [0.1, 0.15) is 74.7 Å². The van der Waals surface area contributed by atoms with Crippen molar-refractivity contribution in [2.24, 2.45) is 0 Å². The minimum Gasteiger partial charge on any atom is -0.343 e. The fourth-order valence-electron chi connectivity index (χ4n) is 4.83. The van der Waals surface area contributed by atoms with Crippen LogP contribution >= 0.6 is 0 Å². The summed E-state index contributed by atoms with van der Waals surface area (Å²) in [6.45, 7) is 6.94. The van der Waals surface area contributed by atoms with Crippen molar-refractivity contribution in [1.82, 2.24) is 24.4 Å². The lowest BCUT2D eigenvalue weighted by Gasteiger charge is -2.26. The Labute approximate surface area is 182 Å². The molecule has 0 unspecified atom stereocenters. The van der Waals surface area contributed by atoms with Gasteiger partial charge < -0.3 is 9.80 Å². The second-order valence-corrected chi connectivity index (χ2v) is 8.90. The quantitative estimate of drug-likeness (QED) is 0.766. The predicted molar refractivity (Wildman–Crippen MR) is 118 cm³/mol. The molecule has 1 atom stereocenters. The molecule has 0 spiro atoms. The molecule has 2 amide bonds. The van der Waals surface area contributed by atoms with E-state index in [1.165, 1.54) is 10.9 Å². The number of likely N-dealkylation sites (tertiary alicyclic amines) is 2. The molecule has 1 N–H and O–H groups in total. The first-order valence-corrected chi connectivity index (χ1v) is 11.6. The summed E-state index contributed by atoms with van der Waals surface area (Å²) in [6.07, 6.45) is 6.39. The summed E-state index contributed by atoms with van der Waals surface area (Å²) >= 11 is 0. The molecule has 8 heteroatoms. The molecule has 2 saturated heterocycles. The van der Waals surface area contributed by atoms with E-state index in [1.807, 2.05) is 29.7 Å². The Morgan fingerprint density at radius 2 is 1.84 bits per heavy atom. The van der Waals surface area contributed by atoms with Gasteiger partial charge in [-0.05, 0) is 45.4 Å². The van der Waals surface area contributed by atoms with Crippen LogP contribution in [-0.2, 0) is 16.0 Å². The number of nitrogens with zero attached hydrogens (tertiary/aromatic N) is 4. The number of piperidine rings is 1. The average Bonchev–Trinajstić information content (AvgIpc) is 3.41. The van der Waals surface area contributed by atoms with Gasteiger partial charge in [0.15, 0.2) is 5.65 Å². The zero-order valence-corrected chi connectivity index (χ0v) is 18.7. The molecule has 0 saturated carbocycles. The van der Waals surface area contributed by atoms with Gasteiger partial charge in [-0.3, -0.25) is 19.5 Å². The van der Waals surface area contributed by atoms with Gasteiger partial charge in [0.1, 0.15) is 0 Å². The number of nitrogens with one attached hydrogen (secondary N) is 1. The molecule has 2 aliphatic heterocycles. The van der Waals surface area contributed by atoms with Gasteiger partial charge in [-0.15, -0.1) is 0 Å². The molecule has 8 nitrogen and oxygen atoms in total. The Morgan fingerprint density at radius 1 is 1.10 bits per heavy atom. The lowest BCUT2D eigenvalue weighted by molar-refractivity contribution is -0.132. The van der Waals surface area contributed by atoms with Crippen molar-refractivity contribution in [2.75, 3.05) is 26.2 Å². The molecule has 4 heterocycles. The Kier molecular flexibility index (Phi) is 6.43. The van der Waals surface area contributed by atoms with Crippen LogP contribution in [0.2, 0.25) is 0 Å². The maximum absolute atomic E-state index is 13.1. The number of amides is 2. The summed E-state index contributed by atoms with van der Waals surface area (Å²) in [6, 6.07) is 1.93. The molecule has 2 aromatic rings. The fraction of sp³-hybridized carbons (Fsp3) is 0.652. The monoisotopic (exact) mass is 427 g/mol. The van der Waals surface area contributed by atoms with E-state index in [0.717, 1.165) is 51.0 Å². The van der Waals surface area contributed by atoms with E-state index in [1.54, 1.807) is 0 Å². The van der Waals surface area contributed by atoms with Crippen LogP contribution in [0, 0.1) is 6.92 Å². The Balaban J connectivity index is 1.49. The highest BCUT2D eigenvalue weighted by Crippen LogP contribution is 2.27. The minimum atomic E-state index is -0.128. The Morgan fingerprint density at radius 3 is 2.58 bits per heavy atom. The number of fused-ring (bicyclic) bond motifs is 1. The maximum atomic E-state index is 13.1. The van der Waals surface area contributed by atoms with Crippen LogP contribution in [0.3, 0.4) is 0 Å². The summed E-state index contributed by atoms with van der Waals surface area (Å²) in [4.78, 5) is 46.3. The molecule has 0 aromatic carbocycles. The van der Waals surface area contributed by atoms with E-state index in [-0.39, 0.29) is 23.3 Å². The number of rotatable bonds is 6. The van der Waals surface area contributed by atoms with Gasteiger partial charge >= 0.3 is 0 Å². The molecule has 0 radical (unpaired) electrons. The van der Waals surface area contributed by atoms with Crippen LogP contribution in [0.4, 0.5) is 0 Å². The molecule has 2 aromatic heterocycles. The summed E-state index contributed by atoms with van der Waals surface area (Å²) in [5.74, 6) is 0.512. The largest absolute Gasteiger partial charge is 0.343 e. The molecule has 0 aliphatic carbocycles. The van der Waals surface area contributed by atoms with Gasteiger partial charge in [0.2, 0.25) is 11.8 Å². The summed E-state index contributed by atoms with van der Waals surface area (Å²) in [7, 11) is 0. The standard InChI is InChI=1S/C23H33N5O3/c1-3-7-21(29)27-13-10-17(15-27)19-14-20-24-16(2)18(23(31)28(20)25-19)8-9-22(30)26-11-5-4-6-12-26/h14,17,25H,3-13,15H2,1-2H3/t17-/m1/s1. The molecule has 2 aliphatic rings. The lowest BCUT2D eigenvalue weighted by Crippen LogP contribution is -2.36. The Bertz CT molecular complexity index is 1020. The van der Waals surface area contributed by atoms with Crippen LogP contribution in [0.25, 0.3) is 5.65 Å². The minimum absolute atomic E-state index is 0.124. The van der Waals surface area contributed by atoms with E-state index in [4.69, 9.17) is 0 Å². The van der Waals surface area contributed by atoms with Gasteiger partial charge in [0.25, 0.3) is 5.56 Å². The van der Waals surface area contributed by atoms with E-state index < -0.39 is 0 Å². The van der Waals surface area contributed by atoms with Crippen LogP contribution in [0.5, 0.6) is 0 Å². The SMILES string of the molecule is CCCC(=O)N1CC[C@@H](c2cc3nc(C)c(CCC(=O)N4CCCCC4)c(=O)n3[nH]2)C1. The van der Waals surface area contributed by atoms with Crippen LogP contribution in [-0.4, -0.2) is 62.4 Å². The highest BCUT2D eigenvalue weighted by molar-refractivity contribution is 5.77. The molecule has 168 valence electrons. The number of hydrogen-bond acceptors (Lipinski definition) is 4. The van der Waals surface area contributed by atoms with Crippen molar-refractivity contribution in [2.45, 2.75) is 71.1 Å². The van der Waals surface area contributed by atoms with Gasteiger partial charge in [0.05, 0.1) is 0 Å². The predicted octanol–water partition coefficient (Wildman–Crippen LogP) is 2.39. The van der Waals surface area contributed by atoms with Crippen molar-refractivity contribution in [3.8, 4) is 0 Å². The smallest absolute Gasteiger partial charge is 0.276 e. The zero-order chi connectivity index (χ0) is 22.0. The number of aryl methyl sites for hydroxylation is 1. The van der Waals surface area contributed by atoms with Crippen molar-refractivity contribution >= 4 is 17.5 Å². The third kappa shape index (κ3) is 4.52. The summed E-state index contributed by atoms with van der Waals surface area (Å²) in [5, 5.41) is 3.22. The number of aromatic amines is 1. The average molecular weight is 428 g/mol. The number of aromatic nitrogens is 3. The van der Waals surface area contributed by atoms with Crippen LogP contribution in [0.15, 0.2) is 10.9 Å². The highest BCUT2D eigenvalue weighted by atomic mass is 16.2. The Hall–Kier alpha value is -2.64. The molecule has 31 heavy (non-hydrogen) atoms. The first-order chi connectivity index (χ1) is 15.0. The third-order valence-corrected chi connectivity index (χ3v) is 6.68. The topological polar surface area (TPSA) is 90.8 Å². The number of carbonyl (C=O) groups is 2. The van der Waals surface area contributed by atoms with Gasteiger partial charge in [-0.25, -0.2) is 9.50 Å². The normalized spacial score (nSPS) is 19.4. The zero-order valence-electron chi connectivity index (χ0n) is 18.7. The van der Waals surface area contributed by atoms with Crippen molar-refractivity contribution in [3.05, 3.63) is 33.4 Å². The summed E-state index contributed by atoms with van der Waals surface area (Å²) in [5.41, 5.74) is 2.70. The number of hydrogen-bond donors (Lipinski definition) is 1. The van der Waals surface area contributed by atoms with Gasteiger partial charge in [0, 0.05) is 68.0 Å². The molecular formula is C23H33N5O3. The third-order valence-electron chi connectivity index (χ3n) is 6.68. The first kappa shape index (κ1) is 21.6. The van der Waals surface area contributed by atoms with E-state index in [2.05, 4.69) is 10.1 Å². The molecule has 2 fully saturated rings. The van der Waals surface area contributed by atoms with Gasteiger partial charge in [-0.2, -0.15) is 0 Å². The number of H-pyrrole nitrogens is 1. The van der Waals surface area contributed by atoms with E-state index >= 15 is 0 Å². The highest BCUT2D eigenvalue weighted by Gasteiger charge is 2.28. The number of carbonyl (C=O) groups excluding carboxylic acids is 2. The van der Waals surface area contributed by atoms with Crippen LogP contribution < -0.4 is 5.56 Å². The lowest BCUT2D eigenvalue weighted by atomic mass is 10.1. The second kappa shape index (κ2) is 9.24. The maximum Gasteiger partial charge on any atom is 0.276 e. The van der Waals surface area contributed by atoms with Crippen molar-refractivity contribution in [1.29, 1.82) is 0 Å². The van der Waals surface area contributed by atoms with Crippen molar-refractivity contribution in [3.63, 3.8) is 0 Å². The molecule has 4 rings (SSSR count). The van der Waals surface area contributed by atoms with E-state index in [0.29, 0.717) is 42.7 Å². The van der Waals surface area contributed by atoms with E-state index in [9.17, 15) is 14.4 Å². The summed E-state index contributed by atoms with van der Waals surface area (Å²) < 4.78 is 1.50. The second-order valence-electron chi connectivity index (χ2n) is 8.90. The molecule has 0 bridgehead atoms. The van der Waals surface area contributed by atoms with Crippen molar-refractivity contribution < 1.29 is 9.59 Å². The fourth-order valence-corrected chi connectivity index (χ4v) is 4.83. The first-order valence-electron chi connectivity index (χ1n) is 11.6. The molecular weight excluding hydrogens is 394 g/mol. The van der Waals surface area contributed by atoms with Gasteiger partial charge in [-0.1, -0.05) is 6.92 Å².